The maximum atomic E-state index is 14.7. The first-order valence-electron chi connectivity index (χ1n) is 10.1. The summed E-state index contributed by atoms with van der Waals surface area (Å²) >= 11 is 0. The first-order chi connectivity index (χ1) is 16.4. The van der Waals surface area contributed by atoms with Gasteiger partial charge in [0.15, 0.2) is 0 Å². The number of nitriles is 2. The topological polar surface area (TPSA) is 121 Å². The smallest absolute Gasteiger partial charge is 0.311 e. The number of nitrogens with zero attached hydrogens (tertiary/aromatic N) is 4. The molecule has 3 aromatic rings. The van der Waals surface area contributed by atoms with Crippen LogP contribution in [0.25, 0.3) is 0 Å². The lowest BCUT2D eigenvalue weighted by Gasteiger charge is -2.21. The summed E-state index contributed by atoms with van der Waals surface area (Å²) in [6.07, 6.45) is -1.35. The van der Waals surface area contributed by atoms with Gasteiger partial charge in [0.2, 0.25) is 6.17 Å². The van der Waals surface area contributed by atoms with E-state index >= 15 is 0 Å². The van der Waals surface area contributed by atoms with Crippen molar-refractivity contribution in [2.24, 2.45) is 4.99 Å². The third kappa shape index (κ3) is 4.18. The number of carbonyl (C=O) groups is 2. The molecule has 0 bridgehead atoms. The lowest BCUT2D eigenvalue weighted by Crippen LogP contribution is -2.47. The first kappa shape index (κ1) is 22.2. The number of benzene rings is 3. The fourth-order valence-corrected chi connectivity index (χ4v) is 3.59. The predicted molar refractivity (Wildman–Crippen MR) is 124 cm³/mol. The van der Waals surface area contributed by atoms with Crippen molar-refractivity contribution in [1.82, 2.24) is 5.32 Å². The molecule has 1 heterocycles. The van der Waals surface area contributed by atoms with E-state index in [0.29, 0.717) is 11.3 Å². The largest absolute Gasteiger partial charge is 0.321 e. The van der Waals surface area contributed by atoms with Crippen molar-refractivity contribution in [3.05, 3.63) is 94.8 Å². The Hall–Kier alpha value is -5.02. The van der Waals surface area contributed by atoms with Crippen LogP contribution in [0.5, 0.6) is 0 Å². The van der Waals surface area contributed by atoms with Crippen molar-refractivity contribution in [1.29, 1.82) is 10.5 Å². The number of nitrogens with one attached hydrogen (secondary N) is 2. The number of anilines is 2. The molecule has 2 N–H and O–H groups in total. The molecular formula is C25H17FN6O2. The van der Waals surface area contributed by atoms with Crippen molar-refractivity contribution in [2.75, 3.05) is 17.3 Å². The number of halogens is 1. The average Bonchev–Trinajstić information content (AvgIpc) is 2.95. The number of amides is 3. The maximum absolute atomic E-state index is 14.7. The molecule has 1 aliphatic heterocycles. The van der Waals surface area contributed by atoms with Gasteiger partial charge in [0, 0.05) is 23.9 Å². The Morgan fingerprint density at radius 3 is 2.38 bits per heavy atom. The van der Waals surface area contributed by atoms with Gasteiger partial charge in [-0.15, -0.1) is 0 Å². The minimum absolute atomic E-state index is 0.0980. The summed E-state index contributed by atoms with van der Waals surface area (Å²) in [5.41, 5.74) is 2.00. The number of hydrogen-bond donors (Lipinski definition) is 2. The van der Waals surface area contributed by atoms with Crippen molar-refractivity contribution in [2.45, 2.75) is 6.17 Å². The van der Waals surface area contributed by atoms with Gasteiger partial charge in [0.25, 0.3) is 5.91 Å². The van der Waals surface area contributed by atoms with Crippen LogP contribution in [0.2, 0.25) is 0 Å². The van der Waals surface area contributed by atoms with Crippen molar-refractivity contribution in [3.8, 4) is 12.1 Å². The van der Waals surface area contributed by atoms with Gasteiger partial charge in [-0.1, -0.05) is 30.3 Å². The zero-order valence-corrected chi connectivity index (χ0v) is 17.9. The Morgan fingerprint density at radius 1 is 1.00 bits per heavy atom. The molecule has 0 saturated heterocycles. The third-order valence-corrected chi connectivity index (χ3v) is 5.26. The van der Waals surface area contributed by atoms with Gasteiger partial charge in [-0.2, -0.15) is 10.5 Å². The van der Waals surface area contributed by atoms with E-state index in [2.05, 4.69) is 15.6 Å². The summed E-state index contributed by atoms with van der Waals surface area (Å²) in [6, 6.07) is 20.3. The molecule has 0 aliphatic carbocycles. The van der Waals surface area contributed by atoms with Crippen LogP contribution in [0.4, 0.5) is 20.6 Å². The van der Waals surface area contributed by atoms with E-state index in [1.54, 1.807) is 49.5 Å². The summed E-state index contributed by atoms with van der Waals surface area (Å²) in [7, 11) is 1.55. The molecule has 166 valence electrons. The highest BCUT2D eigenvalue weighted by molar-refractivity contribution is 6.20. The number of rotatable bonds is 3. The Bertz CT molecular complexity index is 1420. The molecule has 3 amide bonds. The normalized spacial score (nSPS) is 14.7. The fraction of sp³-hybridized carbons (Fsp3) is 0.0800. The van der Waals surface area contributed by atoms with Gasteiger partial charge in [-0.25, -0.2) is 14.2 Å². The highest BCUT2D eigenvalue weighted by Crippen LogP contribution is 2.28. The average molecular weight is 452 g/mol. The molecule has 0 spiro atoms. The highest BCUT2D eigenvalue weighted by atomic mass is 19.1. The summed E-state index contributed by atoms with van der Waals surface area (Å²) in [6.45, 7) is 0. The highest BCUT2D eigenvalue weighted by Gasteiger charge is 2.31. The van der Waals surface area contributed by atoms with Gasteiger partial charge >= 0.3 is 6.03 Å². The molecule has 9 heteroatoms. The van der Waals surface area contributed by atoms with E-state index in [1.165, 1.54) is 29.2 Å². The quantitative estimate of drug-likeness (QED) is 0.631. The van der Waals surface area contributed by atoms with Gasteiger partial charge in [-0.05, 0) is 36.4 Å². The molecule has 0 fully saturated rings. The van der Waals surface area contributed by atoms with E-state index in [-0.39, 0.29) is 28.1 Å². The maximum Gasteiger partial charge on any atom is 0.321 e. The Kier molecular flexibility index (Phi) is 6.02. The van der Waals surface area contributed by atoms with E-state index in [9.17, 15) is 19.2 Å². The van der Waals surface area contributed by atoms with Crippen LogP contribution in [0.3, 0.4) is 0 Å². The van der Waals surface area contributed by atoms with E-state index in [1.807, 2.05) is 12.1 Å². The van der Waals surface area contributed by atoms with Crippen LogP contribution < -0.4 is 15.5 Å². The van der Waals surface area contributed by atoms with Crippen LogP contribution in [0.1, 0.15) is 22.3 Å². The van der Waals surface area contributed by atoms with Crippen LogP contribution in [0, 0.1) is 28.5 Å². The SMILES string of the molecule is CN1C(=O)C(NC(=O)Nc2ccc(C#N)c(C#N)c2)N=C(c2ccccc2F)c2ccccc21. The number of hydrogen-bond acceptors (Lipinski definition) is 5. The van der Waals surface area contributed by atoms with Gasteiger partial charge in [0.1, 0.15) is 18.0 Å². The van der Waals surface area contributed by atoms with Crippen molar-refractivity contribution in [3.63, 3.8) is 0 Å². The fourth-order valence-electron chi connectivity index (χ4n) is 3.59. The lowest BCUT2D eigenvalue weighted by molar-refractivity contribution is -0.119. The molecule has 34 heavy (non-hydrogen) atoms. The minimum Gasteiger partial charge on any atom is -0.311 e. The summed E-state index contributed by atoms with van der Waals surface area (Å²) in [5.74, 6) is -1.04. The number of carbonyl (C=O) groups excluding carboxylic acids is 2. The van der Waals surface area contributed by atoms with Crippen LogP contribution in [-0.4, -0.2) is 30.9 Å². The summed E-state index contributed by atoms with van der Waals surface area (Å²) < 4.78 is 14.7. The minimum atomic E-state index is -1.35. The molecule has 4 rings (SSSR count). The van der Waals surface area contributed by atoms with Crippen molar-refractivity contribution >= 4 is 29.0 Å². The van der Waals surface area contributed by atoms with E-state index in [4.69, 9.17) is 5.26 Å². The molecule has 1 atom stereocenters. The number of para-hydroxylation sites is 1. The molecule has 0 radical (unpaired) electrons. The lowest BCUT2D eigenvalue weighted by atomic mass is 10.00. The Labute approximate surface area is 194 Å². The van der Waals surface area contributed by atoms with Gasteiger partial charge < -0.3 is 15.5 Å². The predicted octanol–water partition coefficient (Wildman–Crippen LogP) is 3.53. The zero-order chi connectivity index (χ0) is 24.2. The zero-order valence-electron chi connectivity index (χ0n) is 17.9. The van der Waals surface area contributed by atoms with Gasteiger partial charge in [0.05, 0.1) is 22.5 Å². The molecular weight excluding hydrogens is 435 g/mol. The number of likely N-dealkylation sites (N-methyl/N-ethyl adjacent to an activating group) is 1. The number of fused-ring (bicyclic) bond motifs is 1. The Morgan fingerprint density at radius 2 is 1.68 bits per heavy atom. The molecule has 0 saturated carbocycles. The van der Waals surface area contributed by atoms with Crippen LogP contribution in [-0.2, 0) is 4.79 Å². The van der Waals surface area contributed by atoms with Crippen LogP contribution in [0.15, 0.2) is 71.7 Å². The first-order valence-corrected chi connectivity index (χ1v) is 10.1. The van der Waals surface area contributed by atoms with E-state index < -0.39 is 23.9 Å². The second-order valence-electron chi connectivity index (χ2n) is 7.36. The second kappa shape index (κ2) is 9.23. The number of urea groups is 1. The Balaban J connectivity index is 1.69. The summed E-state index contributed by atoms with van der Waals surface area (Å²) in [4.78, 5) is 31.6. The second-order valence-corrected chi connectivity index (χ2v) is 7.36. The van der Waals surface area contributed by atoms with Crippen molar-refractivity contribution < 1.29 is 14.0 Å². The molecule has 3 aromatic carbocycles. The van der Waals surface area contributed by atoms with Gasteiger partial charge in [-0.3, -0.25) is 4.79 Å². The number of benzodiazepines with no additional fused rings is 1. The third-order valence-electron chi connectivity index (χ3n) is 5.26. The van der Waals surface area contributed by atoms with Crippen LogP contribution >= 0.6 is 0 Å². The molecule has 1 unspecified atom stereocenters. The summed E-state index contributed by atoms with van der Waals surface area (Å²) in [5, 5.41) is 23.3. The molecule has 8 nitrogen and oxygen atoms in total. The molecule has 0 aromatic heterocycles. The standard InChI is InChI=1S/C25H17FN6O2/c1-32-21-9-5-3-7-19(21)22(18-6-2-4-8-20(18)26)30-23(24(32)33)31-25(34)29-17-11-10-15(13-27)16(12-17)14-28/h2-12,23H,1H3,(H2,29,31,34). The van der Waals surface area contributed by atoms with E-state index in [0.717, 1.165) is 0 Å². The monoisotopic (exact) mass is 452 g/mol. The number of aliphatic imine (C=N–C) groups is 1. The molecule has 1 aliphatic rings.